The Kier molecular flexibility index (Phi) is 5.34. The largest absolute Gasteiger partial charge is 0.500 e. The van der Waals surface area contributed by atoms with Crippen LogP contribution in [0.5, 0.6) is 0 Å². The summed E-state index contributed by atoms with van der Waals surface area (Å²) < 4.78 is 13.5. The van der Waals surface area contributed by atoms with Crippen molar-refractivity contribution in [3.8, 4) is 0 Å². The first-order valence-electron chi connectivity index (χ1n) is 3.53. The molecule has 0 heterocycles. The van der Waals surface area contributed by atoms with Crippen LogP contribution in [0.25, 0.3) is 0 Å². The zero-order valence-corrected chi connectivity index (χ0v) is 7.83. The Morgan fingerprint density at radius 1 is 1.08 bits per heavy atom. The molecule has 5 heteroatoms. The lowest BCUT2D eigenvalue weighted by molar-refractivity contribution is -0.140. The van der Waals surface area contributed by atoms with Crippen LogP contribution in [0.4, 0.5) is 0 Å². The lowest BCUT2D eigenvalue weighted by atomic mass is 10.3. The Labute approximate surface area is 76.3 Å². The molecule has 13 heavy (non-hydrogen) atoms. The van der Waals surface area contributed by atoms with E-state index in [0.29, 0.717) is 0 Å². The molecule has 0 atom stereocenters. The van der Waals surface area contributed by atoms with E-state index in [9.17, 15) is 9.59 Å². The van der Waals surface area contributed by atoms with Gasteiger partial charge in [0.05, 0.1) is 27.4 Å². The van der Waals surface area contributed by atoms with Crippen LogP contribution in [-0.4, -0.2) is 33.3 Å². The van der Waals surface area contributed by atoms with E-state index < -0.39 is 11.9 Å². The van der Waals surface area contributed by atoms with Crippen LogP contribution in [0.15, 0.2) is 11.8 Å². The fourth-order valence-electron chi connectivity index (χ4n) is 0.587. The van der Waals surface area contributed by atoms with Crippen molar-refractivity contribution in [2.75, 3.05) is 21.3 Å². The quantitative estimate of drug-likeness (QED) is 0.359. The second-order valence-corrected chi connectivity index (χ2v) is 2.09. The van der Waals surface area contributed by atoms with Gasteiger partial charge in [0, 0.05) is 0 Å². The number of ether oxygens (including phenoxy) is 3. The molecule has 0 saturated heterocycles. The highest BCUT2D eigenvalue weighted by Crippen LogP contribution is 2.03. The van der Waals surface area contributed by atoms with Gasteiger partial charge in [-0.2, -0.15) is 0 Å². The van der Waals surface area contributed by atoms with E-state index in [-0.39, 0.29) is 12.2 Å². The summed E-state index contributed by atoms with van der Waals surface area (Å²) in [6.45, 7) is 0. The molecular weight excluding hydrogens is 176 g/mol. The standard InChI is InChI=1S/C8H12O5/c1-11-6(4-7(9)12-2)5-8(10)13-3/h4H,5H2,1-3H3/b6-4-. The van der Waals surface area contributed by atoms with Gasteiger partial charge in [0.15, 0.2) is 0 Å². The molecular formula is C8H12O5. The molecule has 0 aromatic carbocycles. The van der Waals surface area contributed by atoms with Crippen LogP contribution in [-0.2, 0) is 23.8 Å². The van der Waals surface area contributed by atoms with E-state index in [1.165, 1.54) is 21.3 Å². The third-order valence-electron chi connectivity index (χ3n) is 1.29. The number of rotatable bonds is 4. The summed E-state index contributed by atoms with van der Waals surface area (Å²) >= 11 is 0. The Bertz CT molecular complexity index is 219. The van der Waals surface area contributed by atoms with Gasteiger partial charge < -0.3 is 14.2 Å². The molecule has 0 aromatic rings. The first kappa shape index (κ1) is 11.5. The van der Waals surface area contributed by atoms with Crippen molar-refractivity contribution in [3.63, 3.8) is 0 Å². The number of hydrogen-bond donors (Lipinski definition) is 0. The van der Waals surface area contributed by atoms with Gasteiger partial charge in [-0.25, -0.2) is 4.79 Å². The normalized spacial score (nSPS) is 10.5. The fraction of sp³-hybridized carbons (Fsp3) is 0.500. The Morgan fingerprint density at radius 3 is 2.08 bits per heavy atom. The van der Waals surface area contributed by atoms with Gasteiger partial charge in [-0.05, 0) is 0 Å². The molecule has 0 aromatic heterocycles. The van der Waals surface area contributed by atoms with Crippen LogP contribution < -0.4 is 0 Å². The molecule has 74 valence electrons. The fourth-order valence-corrected chi connectivity index (χ4v) is 0.587. The SMILES string of the molecule is COC(=O)/C=C(/CC(=O)OC)OC. The lowest BCUT2D eigenvalue weighted by Crippen LogP contribution is -2.05. The van der Waals surface area contributed by atoms with Gasteiger partial charge >= 0.3 is 11.9 Å². The number of methoxy groups -OCH3 is 3. The minimum absolute atomic E-state index is 0.0813. The molecule has 0 amide bonds. The van der Waals surface area contributed by atoms with Gasteiger partial charge in [0.1, 0.15) is 12.2 Å². The van der Waals surface area contributed by atoms with Crippen molar-refractivity contribution in [1.82, 2.24) is 0 Å². The van der Waals surface area contributed by atoms with E-state index in [1.807, 2.05) is 0 Å². The molecule has 0 spiro atoms. The van der Waals surface area contributed by atoms with Crippen molar-refractivity contribution in [1.29, 1.82) is 0 Å². The van der Waals surface area contributed by atoms with Crippen molar-refractivity contribution in [3.05, 3.63) is 11.8 Å². The minimum atomic E-state index is -0.569. The molecule has 0 rings (SSSR count). The minimum Gasteiger partial charge on any atom is -0.500 e. The molecule has 0 unspecified atom stereocenters. The zero-order chi connectivity index (χ0) is 10.3. The van der Waals surface area contributed by atoms with E-state index in [0.717, 1.165) is 6.08 Å². The van der Waals surface area contributed by atoms with Gasteiger partial charge in [0.2, 0.25) is 0 Å². The second kappa shape index (κ2) is 6.05. The van der Waals surface area contributed by atoms with Crippen LogP contribution in [0.3, 0.4) is 0 Å². The monoisotopic (exact) mass is 188 g/mol. The van der Waals surface area contributed by atoms with Crippen molar-refractivity contribution in [2.24, 2.45) is 0 Å². The highest BCUT2D eigenvalue weighted by Gasteiger charge is 2.08. The molecule has 0 radical (unpaired) electrons. The summed E-state index contributed by atoms with van der Waals surface area (Å²) in [5, 5.41) is 0. The number of hydrogen-bond acceptors (Lipinski definition) is 5. The number of carbonyl (C=O) groups is 2. The number of carbonyl (C=O) groups excluding carboxylic acids is 2. The first-order valence-corrected chi connectivity index (χ1v) is 3.53. The molecule has 0 bridgehead atoms. The van der Waals surface area contributed by atoms with Gasteiger partial charge in [-0.15, -0.1) is 0 Å². The van der Waals surface area contributed by atoms with E-state index >= 15 is 0 Å². The summed E-state index contributed by atoms with van der Waals surface area (Å²) in [5.74, 6) is -0.837. The second-order valence-electron chi connectivity index (χ2n) is 2.09. The Hall–Kier alpha value is -1.52. The smallest absolute Gasteiger partial charge is 0.333 e. The predicted molar refractivity (Wildman–Crippen MR) is 43.7 cm³/mol. The highest BCUT2D eigenvalue weighted by molar-refractivity contribution is 5.83. The Balaban J connectivity index is 4.25. The summed E-state index contributed by atoms with van der Waals surface area (Å²) in [6, 6.07) is 0. The molecule has 0 aliphatic carbocycles. The molecule has 0 aliphatic rings. The van der Waals surface area contributed by atoms with Crippen LogP contribution in [0.2, 0.25) is 0 Å². The average molecular weight is 188 g/mol. The third kappa shape index (κ3) is 4.84. The Morgan fingerprint density at radius 2 is 1.69 bits per heavy atom. The van der Waals surface area contributed by atoms with Gasteiger partial charge in [0.25, 0.3) is 0 Å². The first-order chi connectivity index (χ1) is 6.13. The van der Waals surface area contributed by atoms with E-state index in [2.05, 4.69) is 9.47 Å². The predicted octanol–water partition coefficient (Wildman–Crippen LogP) is 0.253. The molecule has 0 fully saturated rings. The van der Waals surface area contributed by atoms with Crippen molar-refractivity contribution < 1.29 is 23.8 Å². The molecule has 5 nitrogen and oxygen atoms in total. The number of esters is 2. The highest BCUT2D eigenvalue weighted by atomic mass is 16.5. The van der Waals surface area contributed by atoms with E-state index in [1.54, 1.807) is 0 Å². The molecule has 0 N–H and O–H groups in total. The summed E-state index contributed by atoms with van der Waals surface area (Å²) in [5.41, 5.74) is 0. The maximum absolute atomic E-state index is 10.8. The van der Waals surface area contributed by atoms with Crippen molar-refractivity contribution >= 4 is 11.9 Å². The average Bonchev–Trinajstić information content (AvgIpc) is 2.16. The van der Waals surface area contributed by atoms with Crippen LogP contribution in [0, 0.1) is 0 Å². The summed E-state index contributed by atoms with van der Waals surface area (Å²) in [4.78, 5) is 21.5. The van der Waals surface area contributed by atoms with Gasteiger partial charge in [-0.1, -0.05) is 0 Å². The lowest BCUT2D eigenvalue weighted by Gasteiger charge is -2.03. The van der Waals surface area contributed by atoms with Crippen molar-refractivity contribution in [2.45, 2.75) is 6.42 Å². The molecule has 0 saturated carbocycles. The zero-order valence-electron chi connectivity index (χ0n) is 7.83. The summed E-state index contributed by atoms with van der Waals surface area (Å²) in [6.07, 6.45) is 1.01. The topological polar surface area (TPSA) is 61.8 Å². The molecule has 0 aliphatic heterocycles. The third-order valence-corrected chi connectivity index (χ3v) is 1.29. The van der Waals surface area contributed by atoms with Crippen LogP contribution in [0.1, 0.15) is 6.42 Å². The maximum atomic E-state index is 10.8. The summed E-state index contributed by atoms with van der Waals surface area (Å²) in [7, 11) is 3.86. The van der Waals surface area contributed by atoms with E-state index in [4.69, 9.17) is 4.74 Å². The van der Waals surface area contributed by atoms with Crippen LogP contribution >= 0.6 is 0 Å². The maximum Gasteiger partial charge on any atom is 0.333 e. The van der Waals surface area contributed by atoms with Gasteiger partial charge in [-0.3, -0.25) is 4.79 Å².